The molecule has 0 bridgehead atoms. The zero-order valence-electron chi connectivity index (χ0n) is 15.8. The SMILES string of the molecule is CCc1c(C)cc(C(=O)N(C)Cc2nc(-c3ccccn3)no2)c(=O)n1C. The van der Waals surface area contributed by atoms with E-state index in [4.69, 9.17) is 4.52 Å². The summed E-state index contributed by atoms with van der Waals surface area (Å²) in [5.74, 6) is 0.231. The van der Waals surface area contributed by atoms with Crippen LogP contribution < -0.4 is 5.56 Å². The second-order valence-corrected chi connectivity index (χ2v) is 6.29. The smallest absolute Gasteiger partial charge is 0.263 e. The van der Waals surface area contributed by atoms with Crippen molar-refractivity contribution in [3.05, 3.63) is 63.5 Å². The van der Waals surface area contributed by atoms with Crippen LogP contribution in [0.4, 0.5) is 0 Å². The molecule has 3 heterocycles. The van der Waals surface area contributed by atoms with Crippen LogP contribution in [0, 0.1) is 6.92 Å². The molecular weight excluding hydrogens is 346 g/mol. The Morgan fingerprint density at radius 3 is 2.78 bits per heavy atom. The predicted molar refractivity (Wildman–Crippen MR) is 99.1 cm³/mol. The number of aryl methyl sites for hydroxylation is 1. The summed E-state index contributed by atoms with van der Waals surface area (Å²) in [7, 11) is 3.28. The fourth-order valence-corrected chi connectivity index (χ4v) is 3.00. The molecule has 0 saturated heterocycles. The molecule has 8 heteroatoms. The molecular formula is C19H21N5O3. The Kier molecular flexibility index (Phi) is 5.16. The number of carbonyl (C=O) groups excluding carboxylic acids is 1. The first-order valence-electron chi connectivity index (χ1n) is 8.61. The van der Waals surface area contributed by atoms with Crippen LogP contribution in [0.3, 0.4) is 0 Å². The van der Waals surface area contributed by atoms with Gasteiger partial charge in [-0.15, -0.1) is 0 Å². The van der Waals surface area contributed by atoms with E-state index in [1.807, 2.05) is 19.9 Å². The Morgan fingerprint density at radius 2 is 2.11 bits per heavy atom. The third-order valence-electron chi connectivity index (χ3n) is 4.40. The van der Waals surface area contributed by atoms with Crippen molar-refractivity contribution in [3.63, 3.8) is 0 Å². The monoisotopic (exact) mass is 367 g/mol. The minimum Gasteiger partial charge on any atom is -0.337 e. The second-order valence-electron chi connectivity index (χ2n) is 6.29. The lowest BCUT2D eigenvalue weighted by Crippen LogP contribution is -2.34. The van der Waals surface area contributed by atoms with E-state index in [-0.39, 0.29) is 29.5 Å². The second kappa shape index (κ2) is 7.53. The fourth-order valence-electron chi connectivity index (χ4n) is 3.00. The standard InChI is InChI=1S/C19H21N5O3/c1-5-15-12(2)10-13(19(26)24(15)4)18(25)23(3)11-16-21-17(22-27-16)14-8-6-7-9-20-14/h6-10H,5,11H2,1-4H3. The van der Waals surface area contributed by atoms with Gasteiger partial charge in [-0.3, -0.25) is 14.6 Å². The first kappa shape index (κ1) is 18.5. The highest BCUT2D eigenvalue weighted by Crippen LogP contribution is 2.14. The fraction of sp³-hybridized carbons (Fsp3) is 0.316. The normalized spacial score (nSPS) is 10.8. The summed E-state index contributed by atoms with van der Waals surface area (Å²) in [6.07, 6.45) is 2.36. The van der Waals surface area contributed by atoms with Gasteiger partial charge in [0, 0.05) is 26.0 Å². The number of aromatic nitrogens is 4. The molecule has 0 fully saturated rings. The van der Waals surface area contributed by atoms with Gasteiger partial charge >= 0.3 is 0 Å². The van der Waals surface area contributed by atoms with Crippen LogP contribution in [-0.2, 0) is 20.0 Å². The van der Waals surface area contributed by atoms with Crippen molar-refractivity contribution < 1.29 is 9.32 Å². The van der Waals surface area contributed by atoms with Gasteiger partial charge in [-0.1, -0.05) is 18.1 Å². The third-order valence-corrected chi connectivity index (χ3v) is 4.40. The predicted octanol–water partition coefficient (Wildman–Crippen LogP) is 1.97. The van der Waals surface area contributed by atoms with Gasteiger partial charge in [0.1, 0.15) is 17.8 Å². The molecule has 3 rings (SSSR count). The molecule has 0 aliphatic carbocycles. The molecule has 0 saturated carbocycles. The zero-order valence-corrected chi connectivity index (χ0v) is 15.8. The molecule has 1 amide bonds. The lowest BCUT2D eigenvalue weighted by atomic mass is 10.1. The number of hydrogen-bond acceptors (Lipinski definition) is 6. The van der Waals surface area contributed by atoms with Crippen LogP contribution >= 0.6 is 0 Å². The molecule has 8 nitrogen and oxygen atoms in total. The van der Waals surface area contributed by atoms with Crippen molar-refractivity contribution in [2.45, 2.75) is 26.8 Å². The van der Waals surface area contributed by atoms with Gasteiger partial charge in [0.2, 0.25) is 11.7 Å². The van der Waals surface area contributed by atoms with E-state index in [1.54, 1.807) is 38.5 Å². The Labute approximate surface area is 156 Å². The quantitative estimate of drug-likeness (QED) is 0.684. The minimum absolute atomic E-state index is 0.0936. The molecule has 3 aromatic heterocycles. The van der Waals surface area contributed by atoms with E-state index in [0.29, 0.717) is 11.5 Å². The van der Waals surface area contributed by atoms with Crippen molar-refractivity contribution in [1.29, 1.82) is 0 Å². The van der Waals surface area contributed by atoms with Crippen molar-refractivity contribution in [3.8, 4) is 11.5 Å². The summed E-state index contributed by atoms with van der Waals surface area (Å²) < 4.78 is 6.74. The average molecular weight is 367 g/mol. The highest BCUT2D eigenvalue weighted by molar-refractivity contribution is 5.93. The average Bonchev–Trinajstić information content (AvgIpc) is 3.13. The Hall–Kier alpha value is -3.29. The van der Waals surface area contributed by atoms with Crippen LogP contribution in [-0.4, -0.2) is 37.5 Å². The Balaban J connectivity index is 1.81. The number of pyridine rings is 2. The van der Waals surface area contributed by atoms with Gasteiger partial charge in [0.25, 0.3) is 11.5 Å². The summed E-state index contributed by atoms with van der Waals surface area (Å²) in [5, 5.41) is 3.89. The lowest BCUT2D eigenvalue weighted by Gasteiger charge is -2.17. The van der Waals surface area contributed by atoms with Gasteiger partial charge in [-0.05, 0) is 37.1 Å². The summed E-state index contributed by atoms with van der Waals surface area (Å²) in [6.45, 7) is 3.97. The molecule has 0 spiro atoms. The highest BCUT2D eigenvalue weighted by Gasteiger charge is 2.21. The van der Waals surface area contributed by atoms with E-state index in [9.17, 15) is 9.59 Å². The van der Waals surface area contributed by atoms with Crippen molar-refractivity contribution in [2.75, 3.05) is 7.05 Å². The first-order chi connectivity index (χ1) is 12.9. The van der Waals surface area contributed by atoms with Gasteiger partial charge in [-0.2, -0.15) is 4.98 Å². The maximum Gasteiger partial charge on any atom is 0.263 e. The molecule has 3 aromatic rings. The van der Waals surface area contributed by atoms with Crippen LogP contribution in [0.15, 0.2) is 39.8 Å². The van der Waals surface area contributed by atoms with E-state index in [1.165, 1.54) is 9.47 Å². The number of rotatable bonds is 5. The topological polar surface area (TPSA) is 94.1 Å². The summed E-state index contributed by atoms with van der Waals surface area (Å²) >= 11 is 0. The van der Waals surface area contributed by atoms with Crippen LogP contribution in [0.5, 0.6) is 0 Å². The van der Waals surface area contributed by atoms with Gasteiger partial charge < -0.3 is 14.0 Å². The number of nitrogens with zero attached hydrogens (tertiary/aromatic N) is 5. The summed E-state index contributed by atoms with van der Waals surface area (Å²) in [5.41, 5.74) is 2.22. The lowest BCUT2D eigenvalue weighted by molar-refractivity contribution is 0.0767. The number of carbonyl (C=O) groups is 1. The van der Waals surface area contributed by atoms with Gasteiger partial charge in [-0.25, -0.2) is 0 Å². The largest absolute Gasteiger partial charge is 0.337 e. The van der Waals surface area contributed by atoms with Crippen molar-refractivity contribution >= 4 is 5.91 Å². The van der Waals surface area contributed by atoms with Crippen LogP contribution in [0.25, 0.3) is 11.5 Å². The minimum atomic E-state index is -0.390. The number of hydrogen-bond donors (Lipinski definition) is 0. The van der Waals surface area contributed by atoms with Crippen molar-refractivity contribution in [2.24, 2.45) is 7.05 Å². The first-order valence-corrected chi connectivity index (χ1v) is 8.61. The molecule has 0 radical (unpaired) electrons. The zero-order chi connectivity index (χ0) is 19.6. The molecule has 0 atom stereocenters. The molecule has 140 valence electrons. The van der Waals surface area contributed by atoms with Crippen molar-refractivity contribution in [1.82, 2.24) is 24.6 Å². The summed E-state index contributed by atoms with van der Waals surface area (Å²) in [6, 6.07) is 7.04. The van der Waals surface area contributed by atoms with E-state index in [2.05, 4.69) is 15.1 Å². The highest BCUT2D eigenvalue weighted by atomic mass is 16.5. The van der Waals surface area contributed by atoms with Gasteiger partial charge in [0.15, 0.2) is 0 Å². The van der Waals surface area contributed by atoms with E-state index < -0.39 is 0 Å². The summed E-state index contributed by atoms with van der Waals surface area (Å²) in [4.78, 5) is 35.1. The third kappa shape index (κ3) is 3.64. The molecule has 0 aliphatic rings. The van der Waals surface area contributed by atoms with Crippen LogP contribution in [0.2, 0.25) is 0 Å². The maximum atomic E-state index is 12.8. The Bertz CT molecular complexity index is 1020. The molecule has 0 unspecified atom stereocenters. The van der Waals surface area contributed by atoms with Gasteiger partial charge in [0.05, 0.1) is 0 Å². The molecule has 27 heavy (non-hydrogen) atoms. The number of amides is 1. The van der Waals surface area contributed by atoms with Crippen LogP contribution in [0.1, 0.15) is 34.4 Å². The molecule has 0 aliphatic heterocycles. The molecule has 0 N–H and O–H groups in total. The van der Waals surface area contributed by atoms with E-state index >= 15 is 0 Å². The molecule has 0 aromatic carbocycles. The maximum absolute atomic E-state index is 12.8. The Morgan fingerprint density at radius 1 is 1.33 bits per heavy atom. The van der Waals surface area contributed by atoms with E-state index in [0.717, 1.165) is 17.7 Å².